The summed E-state index contributed by atoms with van der Waals surface area (Å²) in [5.74, 6) is 4.27. The largest absolute Gasteiger partial charge is 0.361 e. The fourth-order valence-corrected chi connectivity index (χ4v) is 5.00. The third-order valence-corrected chi connectivity index (χ3v) is 6.56. The van der Waals surface area contributed by atoms with E-state index in [1.807, 2.05) is 41.2 Å². The quantitative estimate of drug-likeness (QED) is 0.528. The Morgan fingerprint density at radius 2 is 2.20 bits per heavy atom. The van der Waals surface area contributed by atoms with Crippen LogP contribution >= 0.6 is 12.2 Å². The van der Waals surface area contributed by atoms with Gasteiger partial charge in [-0.3, -0.25) is 9.80 Å². The minimum atomic E-state index is 0.555. The third-order valence-electron chi connectivity index (χ3n) is 6.31. The molecule has 2 N–H and O–H groups in total. The molecule has 0 saturated carbocycles. The highest BCUT2D eigenvalue weighted by molar-refractivity contribution is 7.80. The van der Waals surface area contributed by atoms with Crippen molar-refractivity contribution in [3.8, 4) is 18.0 Å². The number of nitrogens with zero attached hydrogens (tertiary/aromatic N) is 4. The van der Waals surface area contributed by atoms with Gasteiger partial charge < -0.3 is 10.6 Å². The molecule has 0 spiro atoms. The lowest BCUT2D eigenvalue weighted by Gasteiger charge is -2.50. The first kappa shape index (κ1) is 20.9. The first-order valence-corrected chi connectivity index (χ1v) is 11.0. The van der Waals surface area contributed by atoms with Crippen molar-refractivity contribution in [2.75, 3.05) is 45.1 Å². The van der Waals surface area contributed by atoms with Gasteiger partial charge in [-0.25, -0.2) is 4.68 Å². The van der Waals surface area contributed by atoms with Gasteiger partial charge in [-0.2, -0.15) is 5.10 Å². The molecule has 2 aromatic rings. The van der Waals surface area contributed by atoms with E-state index in [0.29, 0.717) is 11.2 Å². The smallest absolute Gasteiger partial charge is 0.170 e. The van der Waals surface area contributed by atoms with Gasteiger partial charge in [-0.05, 0) is 80.8 Å². The maximum atomic E-state index is 5.53. The van der Waals surface area contributed by atoms with E-state index in [9.17, 15) is 0 Å². The van der Waals surface area contributed by atoms with Crippen LogP contribution in [-0.4, -0.2) is 70.5 Å². The van der Waals surface area contributed by atoms with Gasteiger partial charge in [-0.15, -0.1) is 6.42 Å². The zero-order chi connectivity index (χ0) is 20.9. The van der Waals surface area contributed by atoms with E-state index in [2.05, 4.69) is 38.5 Å². The molecule has 30 heavy (non-hydrogen) atoms. The minimum absolute atomic E-state index is 0.555. The number of rotatable bonds is 7. The highest BCUT2D eigenvalue weighted by Crippen LogP contribution is 2.36. The highest BCUT2D eigenvalue weighted by Gasteiger charge is 2.40. The average Bonchev–Trinajstić information content (AvgIpc) is 3.29. The minimum Gasteiger partial charge on any atom is -0.361 e. The van der Waals surface area contributed by atoms with Crippen LogP contribution in [0, 0.1) is 24.2 Å². The highest BCUT2D eigenvalue weighted by atomic mass is 32.1. The van der Waals surface area contributed by atoms with Crippen LogP contribution in [0.4, 0.5) is 5.69 Å². The molecule has 6 nitrogen and oxygen atoms in total. The van der Waals surface area contributed by atoms with Crippen molar-refractivity contribution in [2.24, 2.45) is 11.8 Å². The van der Waals surface area contributed by atoms with Crippen LogP contribution in [0.1, 0.15) is 12.8 Å². The molecule has 1 aromatic carbocycles. The molecule has 0 aliphatic carbocycles. The number of anilines is 1. The molecule has 0 amide bonds. The lowest BCUT2D eigenvalue weighted by Crippen LogP contribution is -2.58. The SMILES string of the molecule is C#CCN(C)CC1CN2CCC1CC2CNC(=S)Nc1ccc(-n2cccn2)cc1. The zero-order valence-electron chi connectivity index (χ0n) is 17.5. The van der Waals surface area contributed by atoms with Crippen molar-refractivity contribution in [1.82, 2.24) is 24.9 Å². The van der Waals surface area contributed by atoms with E-state index in [1.54, 1.807) is 6.20 Å². The Bertz CT molecular complexity index is 872. The van der Waals surface area contributed by atoms with Crippen LogP contribution < -0.4 is 10.6 Å². The molecule has 5 rings (SSSR count). The summed E-state index contributed by atoms with van der Waals surface area (Å²) in [6.45, 7) is 5.08. The number of fused-ring (bicyclic) bond motifs is 3. The molecular formula is C23H30N6S. The monoisotopic (exact) mass is 422 g/mol. The third kappa shape index (κ3) is 5.01. The Kier molecular flexibility index (Phi) is 6.68. The van der Waals surface area contributed by atoms with Gasteiger partial charge >= 0.3 is 0 Å². The maximum Gasteiger partial charge on any atom is 0.170 e. The molecule has 3 fully saturated rings. The van der Waals surface area contributed by atoms with E-state index in [1.165, 1.54) is 25.9 Å². The summed E-state index contributed by atoms with van der Waals surface area (Å²) in [4.78, 5) is 4.90. The summed E-state index contributed by atoms with van der Waals surface area (Å²) >= 11 is 5.53. The molecule has 3 saturated heterocycles. The Balaban J connectivity index is 1.23. The second-order valence-electron chi connectivity index (χ2n) is 8.43. The number of hydrogen-bond donors (Lipinski definition) is 2. The number of benzene rings is 1. The number of thiocarbonyl (C=S) groups is 1. The van der Waals surface area contributed by atoms with E-state index >= 15 is 0 Å². The molecule has 0 radical (unpaired) electrons. The summed E-state index contributed by atoms with van der Waals surface area (Å²) in [5.41, 5.74) is 2.00. The topological polar surface area (TPSA) is 48.4 Å². The van der Waals surface area contributed by atoms with Gasteiger partial charge in [0.05, 0.1) is 12.2 Å². The summed E-state index contributed by atoms with van der Waals surface area (Å²) in [6, 6.07) is 10.6. The van der Waals surface area contributed by atoms with Crippen LogP contribution in [0.5, 0.6) is 0 Å². The molecule has 158 valence electrons. The fourth-order valence-electron chi connectivity index (χ4n) is 4.79. The van der Waals surface area contributed by atoms with Gasteiger partial charge in [0.2, 0.25) is 0 Å². The molecule has 3 aliphatic heterocycles. The zero-order valence-corrected chi connectivity index (χ0v) is 18.3. The van der Waals surface area contributed by atoms with Gasteiger partial charge in [0, 0.05) is 43.8 Å². The number of terminal acetylenes is 1. The summed E-state index contributed by atoms with van der Waals surface area (Å²) < 4.78 is 1.84. The molecule has 4 heterocycles. The van der Waals surface area contributed by atoms with Crippen LogP contribution in [0.3, 0.4) is 0 Å². The van der Waals surface area contributed by atoms with Crippen LogP contribution in [0.25, 0.3) is 5.69 Å². The molecule has 4 unspecified atom stereocenters. The molecule has 2 bridgehead atoms. The first-order chi connectivity index (χ1) is 14.6. The van der Waals surface area contributed by atoms with Crippen molar-refractivity contribution in [3.05, 3.63) is 42.7 Å². The summed E-state index contributed by atoms with van der Waals surface area (Å²) in [7, 11) is 2.13. The molecule has 7 heteroatoms. The first-order valence-electron chi connectivity index (χ1n) is 10.6. The summed E-state index contributed by atoms with van der Waals surface area (Å²) in [6.07, 6.45) is 11.7. The fraction of sp³-hybridized carbons (Fsp3) is 0.478. The Morgan fingerprint density at radius 1 is 1.37 bits per heavy atom. The van der Waals surface area contributed by atoms with E-state index in [-0.39, 0.29) is 0 Å². The molecule has 1 aromatic heterocycles. The lowest BCUT2D eigenvalue weighted by atomic mass is 9.75. The van der Waals surface area contributed by atoms with Crippen molar-refractivity contribution in [2.45, 2.75) is 18.9 Å². The Morgan fingerprint density at radius 3 is 2.87 bits per heavy atom. The van der Waals surface area contributed by atoms with E-state index in [4.69, 9.17) is 18.6 Å². The van der Waals surface area contributed by atoms with Gasteiger partial charge in [0.25, 0.3) is 0 Å². The lowest BCUT2D eigenvalue weighted by molar-refractivity contribution is -0.00646. The summed E-state index contributed by atoms with van der Waals surface area (Å²) in [5, 5.41) is 11.6. The molecule has 3 aliphatic rings. The predicted octanol–water partition coefficient (Wildman–Crippen LogP) is 2.43. The molecule has 4 atom stereocenters. The Hall–Kier alpha value is -2.40. The second-order valence-corrected chi connectivity index (χ2v) is 8.83. The van der Waals surface area contributed by atoms with Crippen LogP contribution in [-0.2, 0) is 0 Å². The predicted molar refractivity (Wildman–Crippen MR) is 126 cm³/mol. The van der Waals surface area contributed by atoms with E-state index in [0.717, 1.165) is 42.8 Å². The normalized spacial score (nSPS) is 25.1. The van der Waals surface area contributed by atoms with Crippen molar-refractivity contribution in [3.63, 3.8) is 0 Å². The van der Waals surface area contributed by atoms with Crippen molar-refractivity contribution >= 4 is 23.0 Å². The number of aromatic nitrogens is 2. The number of nitrogens with one attached hydrogen (secondary N) is 2. The standard InChI is InChI=1S/C23H30N6S/c1-3-11-27(2)16-19-17-28-13-9-18(19)14-22(28)15-24-23(30)26-20-5-7-21(8-6-20)29-12-4-10-25-29/h1,4-8,10,12,18-19,22H,9,11,13-17H2,2H3,(H2,24,26,30). The van der Waals surface area contributed by atoms with Gasteiger partial charge in [-0.1, -0.05) is 5.92 Å². The van der Waals surface area contributed by atoms with Crippen molar-refractivity contribution in [1.29, 1.82) is 0 Å². The van der Waals surface area contributed by atoms with Gasteiger partial charge in [0.1, 0.15) is 0 Å². The van der Waals surface area contributed by atoms with Crippen LogP contribution in [0.15, 0.2) is 42.7 Å². The van der Waals surface area contributed by atoms with E-state index < -0.39 is 0 Å². The maximum absolute atomic E-state index is 5.53. The van der Waals surface area contributed by atoms with Gasteiger partial charge in [0.15, 0.2) is 5.11 Å². The number of piperidine rings is 3. The Labute approximate surface area is 184 Å². The van der Waals surface area contributed by atoms with Crippen molar-refractivity contribution < 1.29 is 0 Å². The average molecular weight is 423 g/mol. The molecular weight excluding hydrogens is 392 g/mol. The number of hydrogen-bond acceptors (Lipinski definition) is 4. The van der Waals surface area contributed by atoms with Crippen LogP contribution in [0.2, 0.25) is 0 Å². The second kappa shape index (κ2) is 9.61.